The fourth-order valence-corrected chi connectivity index (χ4v) is 3.86. The largest absolute Gasteiger partial charge is 0.348 e. The maximum atomic E-state index is 13.3. The number of carbonyl (C=O) groups is 1. The summed E-state index contributed by atoms with van der Waals surface area (Å²) in [6, 6.07) is 8.26. The van der Waals surface area contributed by atoms with Crippen LogP contribution < -0.4 is 15.4 Å². The molecule has 1 aliphatic rings. The van der Waals surface area contributed by atoms with Gasteiger partial charge in [-0.1, -0.05) is 0 Å². The minimum atomic E-state index is -4.07. The molecule has 9 heteroatoms. The van der Waals surface area contributed by atoms with Crippen LogP contribution in [0.2, 0.25) is 0 Å². The minimum Gasteiger partial charge on any atom is -0.348 e. The third-order valence-electron chi connectivity index (χ3n) is 4.23. The molecule has 0 radical (unpaired) electrons. The Morgan fingerprint density at radius 3 is 2.44 bits per heavy atom. The van der Waals surface area contributed by atoms with Crippen molar-refractivity contribution in [1.29, 1.82) is 0 Å². The van der Waals surface area contributed by atoms with E-state index in [4.69, 9.17) is 0 Å². The highest BCUT2D eigenvalue weighted by molar-refractivity contribution is 7.92. The lowest BCUT2D eigenvalue weighted by Crippen LogP contribution is -2.45. The molecule has 1 heterocycles. The number of amides is 1. The van der Waals surface area contributed by atoms with E-state index in [0.29, 0.717) is 11.6 Å². The standard InChI is InChI=1S/C18H19F2N3O3S/c19-16-8-7-15(10-17(16)20)27(25,26)23-13-5-3-12(4-6-13)18(24)22-14-2-1-9-21-11-14/h3-8,10,14,21,23H,1-2,9,11H2,(H,22,24). The highest BCUT2D eigenvalue weighted by atomic mass is 32.2. The van der Waals surface area contributed by atoms with Crippen LogP contribution in [-0.4, -0.2) is 33.5 Å². The molecule has 0 spiro atoms. The van der Waals surface area contributed by atoms with E-state index >= 15 is 0 Å². The third kappa shape index (κ3) is 4.81. The molecular formula is C18H19F2N3O3S. The Labute approximate surface area is 156 Å². The van der Waals surface area contributed by atoms with Crippen LogP contribution in [0.25, 0.3) is 0 Å². The van der Waals surface area contributed by atoms with E-state index in [9.17, 15) is 22.0 Å². The molecule has 1 aliphatic heterocycles. The van der Waals surface area contributed by atoms with E-state index in [2.05, 4.69) is 15.4 Å². The molecule has 2 aromatic rings. The summed E-state index contributed by atoms with van der Waals surface area (Å²) in [6.07, 6.45) is 1.90. The number of rotatable bonds is 5. The SMILES string of the molecule is O=C(NC1CCCNC1)c1ccc(NS(=O)(=O)c2ccc(F)c(F)c2)cc1. The summed E-state index contributed by atoms with van der Waals surface area (Å²) in [7, 11) is -4.07. The molecule has 6 nitrogen and oxygen atoms in total. The summed E-state index contributed by atoms with van der Waals surface area (Å²) in [5.41, 5.74) is 0.604. The summed E-state index contributed by atoms with van der Waals surface area (Å²) in [6.45, 7) is 1.66. The van der Waals surface area contributed by atoms with E-state index in [-0.39, 0.29) is 17.6 Å². The topological polar surface area (TPSA) is 87.3 Å². The van der Waals surface area contributed by atoms with Crippen LogP contribution in [0.1, 0.15) is 23.2 Å². The van der Waals surface area contributed by atoms with Crippen LogP contribution in [-0.2, 0) is 10.0 Å². The van der Waals surface area contributed by atoms with Gasteiger partial charge < -0.3 is 10.6 Å². The molecule has 27 heavy (non-hydrogen) atoms. The number of hydrogen-bond acceptors (Lipinski definition) is 4. The molecule has 1 atom stereocenters. The van der Waals surface area contributed by atoms with Crippen molar-refractivity contribution in [2.45, 2.75) is 23.8 Å². The number of piperidine rings is 1. The van der Waals surface area contributed by atoms with Gasteiger partial charge in [0.05, 0.1) is 4.90 Å². The average Bonchev–Trinajstić information content (AvgIpc) is 2.65. The number of halogens is 2. The van der Waals surface area contributed by atoms with Crippen molar-refractivity contribution in [1.82, 2.24) is 10.6 Å². The van der Waals surface area contributed by atoms with Crippen LogP contribution in [0.15, 0.2) is 47.4 Å². The van der Waals surface area contributed by atoms with E-state index in [0.717, 1.165) is 38.1 Å². The summed E-state index contributed by atoms with van der Waals surface area (Å²) >= 11 is 0. The van der Waals surface area contributed by atoms with Crippen molar-refractivity contribution in [3.8, 4) is 0 Å². The Kier molecular flexibility index (Phi) is 5.71. The number of nitrogens with one attached hydrogen (secondary N) is 3. The molecular weight excluding hydrogens is 376 g/mol. The van der Waals surface area contributed by atoms with Crippen molar-refractivity contribution >= 4 is 21.6 Å². The van der Waals surface area contributed by atoms with Crippen LogP contribution >= 0.6 is 0 Å². The van der Waals surface area contributed by atoms with Crippen molar-refractivity contribution in [2.24, 2.45) is 0 Å². The molecule has 3 N–H and O–H groups in total. The Bertz CT molecular complexity index is 927. The van der Waals surface area contributed by atoms with Gasteiger partial charge in [0.1, 0.15) is 0 Å². The first-order chi connectivity index (χ1) is 12.8. The van der Waals surface area contributed by atoms with Gasteiger partial charge in [0.15, 0.2) is 11.6 Å². The first kappa shape index (κ1) is 19.2. The molecule has 1 unspecified atom stereocenters. The predicted molar refractivity (Wildman–Crippen MR) is 97.0 cm³/mol. The summed E-state index contributed by atoms with van der Waals surface area (Å²) in [4.78, 5) is 11.9. The van der Waals surface area contributed by atoms with Crippen molar-refractivity contribution < 1.29 is 22.0 Å². The van der Waals surface area contributed by atoms with E-state index in [1.165, 1.54) is 24.3 Å². The lowest BCUT2D eigenvalue weighted by molar-refractivity contribution is 0.0930. The zero-order valence-electron chi connectivity index (χ0n) is 14.3. The Hall–Kier alpha value is -2.52. The Morgan fingerprint density at radius 1 is 1.07 bits per heavy atom. The van der Waals surface area contributed by atoms with Gasteiger partial charge in [-0.05, 0) is 61.9 Å². The predicted octanol–water partition coefficient (Wildman–Crippen LogP) is 2.25. The second kappa shape index (κ2) is 8.01. The molecule has 0 bridgehead atoms. The molecule has 2 aromatic carbocycles. The maximum Gasteiger partial charge on any atom is 0.261 e. The molecule has 0 saturated carbocycles. The normalized spacial score (nSPS) is 17.3. The van der Waals surface area contributed by atoms with Crippen molar-refractivity contribution in [3.63, 3.8) is 0 Å². The van der Waals surface area contributed by atoms with Gasteiger partial charge in [0.25, 0.3) is 15.9 Å². The second-order valence-electron chi connectivity index (χ2n) is 6.28. The fourth-order valence-electron chi connectivity index (χ4n) is 2.79. The molecule has 0 aliphatic carbocycles. The van der Waals surface area contributed by atoms with Crippen LogP contribution in [0, 0.1) is 11.6 Å². The van der Waals surface area contributed by atoms with Crippen LogP contribution in [0.5, 0.6) is 0 Å². The number of hydrogen-bond donors (Lipinski definition) is 3. The third-order valence-corrected chi connectivity index (χ3v) is 5.61. The van der Waals surface area contributed by atoms with E-state index in [1.54, 1.807) is 0 Å². The fraction of sp³-hybridized carbons (Fsp3) is 0.278. The minimum absolute atomic E-state index is 0.0674. The summed E-state index contributed by atoms with van der Waals surface area (Å²) in [5, 5.41) is 6.13. The van der Waals surface area contributed by atoms with Gasteiger partial charge in [0.2, 0.25) is 0 Å². The number of sulfonamides is 1. The Balaban J connectivity index is 1.67. The number of benzene rings is 2. The highest BCUT2D eigenvalue weighted by Gasteiger charge is 2.18. The molecule has 1 fully saturated rings. The maximum absolute atomic E-state index is 13.3. The van der Waals surface area contributed by atoms with Gasteiger partial charge >= 0.3 is 0 Å². The van der Waals surface area contributed by atoms with Crippen LogP contribution in [0.3, 0.4) is 0 Å². The quantitative estimate of drug-likeness (QED) is 0.725. The molecule has 3 rings (SSSR count). The molecule has 1 saturated heterocycles. The van der Waals surface area contributed by atoms with E-state index in [1.807, 2.05) is 0 Å². The van der Waals surface area contributed by atoms with Gasteiger partial charge in [-0.2, -0.15) is 0 Å². The molecule has 0 aromatic heterocycles. The van der Waals surface area contributed by atoms with E-state index < -0.39 is 26.6 Å². The zero-order chi connectivity index (χ0) is 19.4. The summed E-state index contributed by atoms with van der Waals surface area (Å²) < 4.78 is 53.0. The van der Waals surface area contributed by atoms with Crippen molar-refractivity contribution in [2.75, 3.05) is 17.8 Å². The lowest BCUT2D eigenvalue weighted by atomic mass is 10.1. The summed E-state index contributed by atoms with van der Waals surface area (Å²) in [5.74, 6) is -2.61. The van der Waals surface area contributed by atoms with Gasteiger partial charge in [-0.15, -0.1) is 0 Å². The number of anilines is 1. The highest BCUT2D eigenvalue weighted by Crippen LogP contribution is 2.19. The lowest BCUT2D eigenvalue weighted by Gasteiger charge is -2.23. The first-order valence-electron chi connectivity index (χ1n) is 8.45. The molecule has 1 amide bonds. The average molecular weight is 395 g/mol. The van der Waals surface area contributed by atoms with Gasteiger partial charge in [0, 0.05) is 23.8 Å². The Morgan fingerprint density at radius 2 is 1.81 bits per heavy atom. The van der Waals surface area contributed by atoms with Crippen molar-refractivity contribution in [3.05, 3.63) is 59.7 Å². The van der Waals surface area contributed by atoms with Gasteiger partial charge in [-0.25, -0.2) is 17.2 Å². The monoisotopic (exact) mass is 395 g/mol. The van der Waals surface area contributed by atoms with Crippen LogP contribution in [0.4, 0.5) is 14.5 Å². The zero-order valence-corrected chi connectivity index (χ0v) is 15.2. The smallest absolute Gasteiger partial charge is 0.261 e. The number of carbonyl (C=O) groups excluding carboxylic acids is 1. The molecule has 144 valence electrons. The first-order valence-corrected chi connectivity index (χ1v) is 9.93. The van der Waals surface area contributed by atoms with Gasteiger partial charge in [-0.3, -0.25) is 9.52 Å². The second-order valence-corrected chi connectivity index (χ2v) is 7.96.